The summed E-state index contributed by atoms with van der Waals surface area (Å²) in [5.41, 5.74) is 3.32. The minimum atomic E-state index is -0.486. The first-order valence-corrected chi connectivity index (χ1v) is 8.85. The number of carbonyl (C=O) groups is 1. The van der Waals surface area contributed by atoms with Gasteiger partial charge in [-0.15, -0.1) is 0 Å². The monoisotopic (exact) mass is 454 g/mol. The molecule has 2 aromatic carbocycles. The van der Waals surface area contributed by atoms with Crippen molar-refractivity contribution in [3.05, 3.63) is 51.1 Å². The van der Waals surface area contributed by atoms with Gasteiger partial charge in [0, 0.05) is 0 Å². The molecule has 0 saturated heterocycles. The van der Waals surface area contributed by atoms with E-state index in [0.29, 0.717) is 24.7 Å². The van der Waals surface area contributed by atoms with Gasteiger partial charge in [-0.3, -0.25) is 4.79 Å². The van der Waals surface area contributed by atoms with Crippen molar-refractivity contribution in [1.29, 1.82) is 0 Å². The summed E-state index contributed by atoms with van der Waals surface area (Å²) in [7, 11) is 0. The highest BCUT2D eigenvalue weighted by molar-refractivity contribution is 14.1. The fourth-order valence-electron chi connectivity index (χ4n) is 2.10. The summed E-state index contributed by atoms with van der Waals surface area (Å²) in [5.74, 6) is 0.745. The third-order valence-electron chi connectivity index (χ3n) is 3.15. The molecule has 0 fully saturated rings. The Balaban J connectivity index is 2.15. The van der Waals surface area contributed by atoms with Gasteiger partial charge in [-0.2, -0.15) is 5.10 Å². The van der Waals surface area contributed by atoms with Crippen LogP contribution in [0.3, 0.4) is 0 Å². The van der Waals surface area contributed by atoms with Crippen LogP contribution in [-0.4, -0.2) is 30.4 Å². The number of para-hydroxylation sites is 1. The molecule has 0 saturated carbocycles. The van der Waals surface area contributed by atoms with Crippen molar-refractivity contribution in [3.8, 4) is 17.2 Å². The summed E-state index contributed by atoms with van der Waals surface area (Å²) >= 11 is 2.17. The average Bonchev–Trinajstić information content (AvgIpc) is 2.58. The third-order valence-corrected chi connectivity index (χ3v) is 3.95. The Morgan fingerprint density at radius 2 is 1.96 bits per heavy atom. The molecular formula is C18H19IN2O4. The smallest absolute Gasteiger partial charge is 0.275 e. The van der Waals surface area contributed by atoms with Crippen molar-refractivity contribution in [3.63, 3.8) is 0 Å². The fraction of sp³-hybridized carbons (Fsp3) is 0.222. The van der Waals surface area contributed by atoms with Crippen LogP contribution in [0, 0.1) is 3.57 Å². The predicted molar refractivity (Wildman–Crippen MR) is 105 cm³/mol. The molecule has 0 bridgehead atoms. The zero-order valence-electron chi connectivity index (χ0n) is 14.0. The number of benzene rings is 2. The lowest BCUT2D eigenvalue weighted by atomic mass is 10.2. The summed E-state index contributed by atoms with van der Waals surface area (Å²) in [6.07, 6.45) is 1.51. The number of phenolic OH excluding ortho intramolecular Hbond substituents is 1. The Bertz CT molecular complexity index is 778. The minimum Gasteiger partial charge on any atom is -0.507 e. The molecule has 7 heteroatoms. The van der Waals surface area contributed by atoms with E-state index in [1.807, 2.05) is 19.9 Å². The van der Waals surface area contributed by atoms with E-state index in [1.165, 1.54) is 18.3 Å². The highest BCUT2D eigenvalue weighted by atomic mass is 127. The Hall–Kier alpha value is -2.29. The molecule has 0 aromatic heterocycles. The second-order valence-electron chi connectivity index (χ2n) is 4.91. The number of halogens is 1. The molecule has 25 heavy (non-hydrogen) atoms. The predicted octanol–water partition coefficient (Wildman–Crippen LogP) is 3.56. The van der Waals surface area contributed by atoms with Gasteiger partial charge in [0.25, 0.3) is 5.91 Å². The first kappa shape index (κ1) is 19.0. The molecule has 0 aliphatic heterocycles. The maximum Gasteiger partial charge on any atom is 0.275 e. The van der Waals surface area contributed by atoms with Gasteiger partial charge in [0.2, 0.25) is 0 Å². The van der Waals surface area contributed by atoms with Gasteiger partial charge in [0.05, 0.1) is 28.6 Å². The highest BCUT2D eigenvalue weighted by Gasteiger charge is 2.12. The molecular weight excluding hydrogens is 435 g/mol. The van der Waals surface area contributed by atoms with E-state index in [-0.39, 0.29) is 11.3 Å². The van der Waals surface area contributed by atoms with Gasteiger partial charge >= 0.3 is 0 Å². The van der Waals surface area contributed by atoms with E-state index in [4.69, 9.17) is 9.47 Å². The Morgan fingerprint density at radius 1 is 1.24 bits per heavy atom. The second kappa shape index (κ2) is 9.26. The minimum absolute atomic E-state index is 0.0931. The van der Waals surface area contributed by atoms with Gasteiger partial charge in [-0.1, -0.05) is 12.1 Å². The molecule has 2 aromatic rings. The number of amides is 1. The number of nitrogens with one attached hydrogen (secondary N) is 1. The second-order valence-corrected chi connectivity index (χ2v) is 6.07. The first-order chi connectivity index (χ1) is 12.1. The fourth-order valence-corrected chi connectivity index (χ4v) is 2.88. The number of hydrogen-bond donors (Lipinski definition) is 2. The van der Waals surface area contributed by atoms with Gasteiger partial charge < -0.3 is 14.6 Å². The van der Waals surface area contributed by atoms with Crippen molar-refractivity contribution >= 4 is 34.7 Å². The molecule has 6 nitrogen and oxygen atoms in total. The normalized spacial score (nSPS) is 10.7. The average molecular weight is 454 g/mol. The maximum atomic E-state index is 12.0. The number of hydrogen-bond acceptors (Lipinski definition) is 5. The Kier molecular flexibility index (Phi) is 7.05. The summed E-state index contributed by atoms with van der Waals surface area (Å²) in [4.78, 5) is 12.0. The standard InChI is InChI=1S/C18H19IN2O4/c1-3-24-16-10-12(9-14(19)17(16)25-4-2)11-20-21-18(23)13-7-5-6-8-15(13)22/h5-11,22H,3-4H2,1-2H3,(H,21,23)/b20-11-. The van der Waals surface area contributed by atoms with Gasteiger partial charge in [0.1, 0.15) is 5.75 Å². The van der Waals surface area contributed by atoms with E-state index in [1.54, 1.807) is 18.2 Å². The van der Waals surface area contributed by atoms with Crippen LogP contribution in [0.25, 0.3) is 0 Å². The lowest BCUT2D eigenvalue weighted by Crippen LogP contribution is -2.17. The lowest BCUT2D eigenvalue weighted by Gasteiger charge is -2.13. The molecule has 0 heterocycles. The van der Waals surface area contributed by atoms with Crippen molar-refractivity contribution in [1.82, 2.24) is 5.43 Å². The lowest BCUT2D eigenvalue weighted by molar-refractivity contribution is 0.0952. The van der Waals surface area contributed by atoms with Crippen LogP contribution in [0.1, 0.15) is 29.8 Å². The largest absolute Gasteiger partial charge is 0.507 e. The number of carbonyl (C=O) groups excluding carboxylic acids is 1. The summed E-state index contributed by atoms with van der Waals surface area (Å²) in [6.45, 7) is 4.87. The van der Waals surface area contributed by atoms with E-state index >= 15 is 0 Å². The number of ether oxygens (including phenoxy) is 2. The van der Waals surface area contributed by atoms with Crippen molar-refractivity contribution in [2.24, 2.45) is 5.10 Å². The van der Waals surface area contributed by atoms with Crippen LogP contribution in [0.2, 0.25) is 0 Å². The van der Waals surface area contributed by atoms with Gasteiger partial charge in [0.15, 0.2) is 11.5 Å². The molecule has 0 aliphatic rings. The van der Waals surface area contributed by atoms with Crippen LogP contribution in [0.4, 0.5) is 0 Å². The van der Waals surface area contributed by atoms with Crippen LogP contribution in [-0.2, 0) is 0 Å². The summed E-state index contributed by atoms with van der Waals surface area (Å²) < 4.78 is 12.1. The first-order valence-electron chi connectivity index (χ1n) is 7.77. The molecule has 2 N–H and O–H groups in total. The zero-order chi connectivity index (χ0) is 18.2. The topological polar surface area (TPSA) is 80.2 Å². The quantitative estimate of drug-likeness (QED) is 0.381. The van der Waals surface area contributed by atoms with Crippen molar-refractivity contribution < 1.29 is 19.4 Å². The van der Waals surface area contributed by atoms with Crippen molar-refractivity contribution in [2.45, 2.75) is 13.8 Å². The van der Waals surface area contributed by atoms with Crippen LogP contribution < -0.4 is 14.9 Å². The molecule has 2 rings (SSSR count). The van der Waals surface area contributed by atoms with Gasteiger partial charge in [-0.05, 0) is 66.3 Å². The van der Waals surface area contributed by atoms with E-state index in [2.05, 4.69) is 33.1 Å². The van der Waals surface area contributed by atoms with E-state index in [0.717, 1.165) is 9.13 Å². The number of aromatic hydroxyl groups is 1. The zero-order valence-corrected chi connectivity index (χ0v) is 16.1. The highest BCUT2D eigenvalue weighted by Crippen LogP contribution is 2.33. The molecule has 132 valence electrons. The number of nitrogens with zero attached hydrogens (tertiary/aromatic N) is 1. The Morgan fingerprint density at radius 3 is 2.64 bits per heavy atom. The molecule has 0 aliphatic carbocycles. The third kappa shape index (κ3) is 5.09. The molecule has 1 amide bonds. The SMILES string of the molecule is CCOc1cc(/C=N\NC(=O)c2ccccc2O)cc(I)c1OCC. The number of hydrazone groups is 1. The van der Waals surface area contributed by atoms with Crippen LogP contribution in [0.5, 0.6) is 17.2 Å². The summed E-state index contributed by atoms with van der Waals surface area (Å²) in [5, 5.41) is 13.6. The molecule has 0 radical (unpaired) electrons. The van der Waals surface area contributed by atoms with Crippen molar-refractivity contribution in [2.75, 3.05) is 13.2 Å². The molecule has 0 atom stereocenters. The van der Waals surface area contributed by atoms with Crippen LogP contribution in [0.15, 0.2) is 41.5 Å². The maximum absolute atomic E-state index is 12.0. The number of rotatable bonds is 7. The Labute approximate surface area is 160 Å². The van der Waals surface area contributed by atoms with E-state index < -0.39 is 5.91 Å². The van der Waals surface area contributed by atoms with Crippen LogP contribution >= 0.6 is 22.6 Å². The summed E-state index contributed by atoms with van der Waals surface area (Å²) in [6, 6.07) is 9.96. The molecule has 0 spiro atoms. The number of phenols is 1. The van der Waals surface area contributed by atoms with E-state index in [9.17, 15) is 9.90 Å². The molecule has 0 unspecified atom stereocenters. The van der Waals surface area contributed by atoms with Gasteiger partial charge in [-0.25, -0.2) is 5.43 Å².